The van der Waals surface area contributed by atoms with Crippen LogP contribution in [0, 0.1) is 5.92 Å². The van der Waals surface area contributed by atoms with E-state index < -0.39 is 6.10 Å². The van der Waals surface area contributed by atoms with Crippen LogP contribution in [-0.2, 0) is 16.1 Å². The van der Waals surface area contributed by atoms with Crippen LogP contribution in [0.4, 0.5) is 0 Å². The van der Waals surface area contributed by atoms with Gasteiger partial charge in [0.2, 0.25) is 0 Å². The Balaban J connectivity index is 2.11. The predicted molar refractivity (Wildman–Crippen MR) is 81.0 cm³/mol. The number of halogens is 1. The zero-order chi connectivity index (χ0) is 14.8. The SMILES string of the molecule is COCC(C)CNCC(O)COCc1ccccc1Cl. The summed E-state index contributed by atoms with van der Waals surface area (Å²) in [6.45, 7) is 4.84. The number of benzene rings is 1. The number of ether oxygens (including phenoxy) is 2. The summed E-state index contributed by atoms with van der Waals surface area (Å²) in [4.78, 5) is 0. The normalized spacial score (nSPS) is 14.2. The van der Waals surface area contributed by atoms with E-state index in [9.17, 15) is 5.11 Å². The van der Waals surface area contributed by atoms with E-state index in [0.29, 0.717) is 30.7 Å². The molecule has 0 amide bonds. The zero-order valence-corrected chi connectivity index (χ0v) is 12.9. The van der Waals surface area contributed by atoms with Crippen molar-refractivity contribution < 1.29 is 14.6 Å². The monoisotopic (exact) mass is 301 g/mol. The fourth-order valence-electron chi connectivity index (χ4n) is 1.82. The van der Waals surface area contributed by atoms with E-state index in [1.807, 2.05) is 24.3 Å². The Morgan fingerprint density at radius 2 is 2.00 bits per heavy atom. The van der Waals surface area contributed by atoms with Crippen LogP contribution in [0.2, 0.25) is 5.02 Å². The molecule has 2 atom stereocenters. The van der Waals surface area contributed by atoms with Crippen LogP contribution < -0.4 is 5.32 Å². The molecule has 20 heavy (non-hydrogen) atoms. The molecule has 2 N–H and O–H groups in total. The average molecular weight is 302 g/mol. The van der Waals surface area contributed by atoms with Crippen molar-refractivity contribution in [2.45, 2.75) is 19.6 Å². The van der Waals surface area contributed by atoms with Crippen LogP contribution in [0.25, 0.3) is 0 Å². The van der Waals surface area contributed by atoms with Gasteiger partial charge in [0.05, 0.1) is 19.3 Å². The maximum atomic E-state index is 9.79. The number of hydrogen-bond donors (Lipinski definition) is 2. The quantitative estimate of drug-likeness (QED) is 0.695. The summed E-state index contributed by atoms with van der Waals surface area (Å²) in [6.07, 6.45) is -0.521. The van der Waals surface area contributed by atoms with E-state index in [0.717, 1.165) is 12.1 Å². The lowest BCUT2D eigenvalue weighted by Gasteiger charge is -2.15. The molecule has 0 fully saturated rings. The Hall–Kier alpha value is -0.650. The Labute approximate surface area is 126 Å². The molecule has 0 aliphatic rings. The summed E-state index contributed by atoms with van der Waals surface area (Å²) < 4.78 is 10.5. The Kier molecular flexibility index (Phi) is 8.82. The van der Waals surface area contributed by atoms with Crippen LogP contribution >= 0.6 is 11.6 Å². The lowest BCUT2D eigenvalue weighted by Crippen LogP contribution is -2.33. The molecule has 1 rings (SSSR count). The van der Waals surface area contributed by atoms with Crippen LogP contribution in [0.3, 0.4) is 0 Å². The molecular weight excluding hydrogens is 278 g/mol. The van der Waals surface area contributed by atoms with Gasteiger partial charge in [0.15, 0.2) is 0 Å². The van der Waals surface area contributed by atoms with Gasteiger partial charge in [0, 0.05) is 25.3 Å². The largest absolute Gasteiger partial charge is 0.389 e. The van der Waals surface area contributed by atoms with E-state index >= 15 is 0 Å². The van der Waals surface area contributed by atoms with Gasteiger partial charge in [0.25, 0.3) is 0 Å². The summed E-state index contributed by atoms with van der Waals surface area (Å²) in [5.41, 5.74) is 0.933. The van der Waals surface area contributed by atoms with Crippen LogP contribution in [0.5, 0.6) is 0 Å². The molecule has 0 radical (unpaired) electrons. The molecule has 4 nitrogen and oxygen atoms in total. The molecule has 0 aliphatic carbocycles. The summed E-state index contributed by atoms with van der Waals surface area (Å²) in [5, 5.41) is 13.7. The molecule has 0 aliphatic heterocycles. The van der Waals surface area contributed by atoms with Crippen molar-refractivity contribution in [2.75, 3.05) is 33.4 Å². The third-order valence-electron chi connectivity index (χ3n) is 2.85. The van der Waals surface area contributed by atoms with Gasteiger partial charge in [-0.3, -0.25) is 0 Å². The van der Waals surface area contributed by atoms with Gasteiger partial charge in [-0.2, -0.15) is 0 Å². The highest BCUT2D eigenvalue weighted by Gasteiger charge is 2.07. The third kappa shape index (κ3) is 7.22. The van der Waals surface area contributed by atoms with Crippen LogP contribution in [0.15, 0.2) is 24.3 Å². The van der Waals surface area contributed by atoms with Crippen molar-refractivity contribution in [3.05, 3.63) is 34.9 Å². The van der Waals surface area contributed by atoms with E-state index in [1.165, 1.54) is 0 Å². The number of aliphatic hydroxyl groups excluding tert-OH is 1. The minimum Gasteiger partial charge on any atom is -0.389 e. The lowest BCUT2D eigenvalue weighted by molar-refractivity contribution is 0.0281. The zero-order valence-electron chi connectivity index (χ0n) is 12.1. The maximum absolute atomic E-state index is 9.79. The second-order valence-electron chi connectivity index (χ2n) is 4.98. The number of rotatable bonds is 10. The Morgan fingerprint density at radius 1 is 1.25 bits per heavy atom. The molecule has 0 bridgehead atoms. The van der Waals surface area contributed by atoms with Crippen molar-refractivity contribution in [1.82, 2.24) is 5.32 Å². The predicted octanol–water partition coefficient (Wildman–Crippen LogP) is 2.09. The summed E-state index contributed by atoms with van der Waals surface area (Å²) in [5.74, 6) is 0.427. The van der Waals surface area contributed by atoms with Crippen molar-refractivity contribution in [2.24, 2.45) is 5.92 Å². The van der Waals surface area contributed by atoms with E-state index in [1.54, 1.807) is 7.11 Å². The standard InChI is InChI=1S/C15H24ClNO3/c1-12(9-19-2)7-17-8-14(18)11-20-10-13-5-3-4-6-15(13)16/h3-6,12,14,17-18H,7-11H2,1-2H3. The molecule has 0 saturated heterocycles. The van der Waals surface area contributed by atoms with E-state index in [2.05, 4.69) is 12.2 Å². The maximum Gasteiger partial charge on any atom is 0.0897 e. The smallest absolute Gasteiger partial charge is 0.0897 e. The number of methoxy groups -OCH3 is 1. The van der Waals surface area contributed by atoms with E-state index in [4.69, 9.17) is 21.1 Å². The van der Waals surface area contributed by atoms with Gasteiger partial charge in [0.1, 0.15) is 0 Å². The van der Waals surface area contributed by atoms with Gasteiger partial charge in [-0.25, -0.2) is 0 Å². The van der Waals surface area contributed by atoms with Crippen molar-refractivity contribution in [1.29, 1.82) is 0 Å². The van der Waals surface area contributed by atoms with Gasteiger partial charge >= 0.3 is 0 Å². The number of hydrogen-bond acceptors (Lipinski definition) is 4. The van der Waals surface area contributed by atoms with Gasteiger partial charge < -0.3 is 19.9 Å². The molecule has 1 aromatic rings. The molecule has 5 heteroatoms. The number of nitrogens with one attached hydrogen (secondary N) is 1. The minimum atomic E-state index is -0.521. The van der Waals surface area contributed by atoms with Crippen LogP contribution in [-0.4, -0.2) is 44.6 Å². The third-order valence-corrected chi connectivity index (χ3v) is 3.22. The molecule has 0 spiro atoms. The molecule has 0 saturated carbocycles. The fraction of sp³-hybridized carbons (Fsp3) is 0.600. The van der Waals surface area contributed by atoms with Crippen molar-refractivity contribution in [3.8, 4) is 0 Å². The Bertz CT molecular complexity index is 376. The second kappa shape index (κ2) is 10.1. The minimum absolute atomic E-state index is 0.289. The van der Waals surface area contributed by atoms with Crippen LogP contribution in [0.1, 0.15) is 12.5 Å². The van der Waals surface area contributed by atoms with Gasteiger partial charge in [-0.1, -0.05) is 36.7 Å². The first-order valence-corrected chi connectivity index (χ1v) is 7.20. The first-order chi connectivity index (χ1) is 9.63. The highest BCUT2D eigenvalue weighted by atomic mass is 35.5. The van der Waals surface area contributed by atoms with Crippen molar-refractivity contribution in [3.63, 3.8) is 0 Å². The highest BCUT2D eigenvalue weighted by molar-refractivity contribution is 6.31. The molecule has 0 heterocycles. The molecule has 114 valence electrons. The van der Waals surface area contributed by atoms with E-state index in [-0.39, 0.29) is 6.61 Å². The first kappa shape index (κ1) is 17.4. The van der Waals surface area contributed by atoms with Gasteiger partial charge in [-0.15, -0.1) is 0 Å². The fourth-order valence-corrected chi connectivity index (χ4v) is 2.01. The molecular formula is C15H24ClNO3. The molecule has 2 unspecified atom stereocenters. The topological polar surface area (TPSA) is 50.7 Å². The second-order valence-corrected chi connectivity index (χ2v) is 5.39. The van der Waals surface area contributed by atoms with Crippen molar-refractivity contribution >= 4 is 11.6 Å². The summed E-state index contributed by atoms with van der Waals surface area (Å²) in [6, 6.07) is 7.54. The van der Waals surface area contributed by atoms with Gasteiger partial charge in [-0.05, 0) is 24.1 Å². The summed E-state index contributed by atoms with van der Waals surface area (Å²) >= 11 is 6.02. The highest BCUT2D eigenvalue weighted by Crippen LogP contribution is 2.15. The average Bonchev–Trinajstić information content (AvgIpc) is 2.41. The first-order valence-electron chi connectivity index (χ1n) is 6.82. The number of aliphatic hydroxyl groups is 1. The Morgan fingerprint density at radius 3 is 2.70 bits per heavy atom. The summed E-state index contributed by atoms with van der Waals surface area (Å²) in [7, 11) is 1.69. The molecule has 1 aromatic carbocycles. The molecule has 0 aromatic heterocycles. The lowest BCUT2D eigenvalue weighted by atomic mass is 10.2.